The maximum atomic E-state index is 12.9. The second-order valence-corrected chi connectivity index (χ2v) is 13.3. The number of hydrogen-bond acceptors (Lipinski definition) is 9. The lowest BCUT2D eigenvalue weighted by Gasteiger charge is -2.37. The molecular weight excluding hydrogens is 681 g/mol. The van der Waals surface area contributed by atoms with Crippen LogP contribution in [0, 0.1) is 5.92 Å². The minimum absolute atomic E-state index is 0.184. The largest absolute Gasteiger partial charge is 0.497 e. The standard InChI is InChI=1S/C39H38N5O7P/c1-48-32-17-13-29(14-18-32)39(28-11-7-4-8-12-28,30-15-19-33(49-2)20-16-30)50-23-27-21-31(22-34(27)51-52(46)47)44-25-42-35-36(40-24-41-37(35)44)43-38(45)26-9-5-3-6-10-26/h3-20,24-25,27,31,34,52H,21-23H2,1-2H3,(H,46,47)(H,40,41,43,45)/t27-,31-,34+/m1/s1. The number of amides is 1. The summed E-state index contributed by atoms with van der Waals surface area (Å²) in [5.41, 5.74) is 3.01. The van der Waals surface area contributed by atoms with E-state index in [1.165, 1.54) is 6.33 Å². The molecular formula is C39H38N5O7P. The second kappa shape index (κ2) is 15.5. The number of fused-ring (bicyclic) bond motifs is 1. The highest BCUT2D eigenvalue weighted by molar-refractivity contribution is 7.32. The Morgan fingerprint density at radius 1 is 0.827 bits per heavy atom. The van der Waals surface area contributed by atoms with Gasteiger partial charge < -0.3 is 33.5 Å². The topological polar surface area (TPSA) is 147 Å². The van der Waals surface area contributed by atoms with Crippen LogP contribution < -0.4 is 14.8 Å². The molecule has 0 spiro atoms. The number of imidazole rings is 1. The zero-order valence-corrected chi connectivity index (χ0v) is 29.6. The third-order valence-corrected chi connectivity index (χ3v) is 10.1. The average Bonchev–Trinajstić information content (AvgIpc) is 3.80. The van der Waals surface area contributed by atoms with Gasteiger partial charge in [-0.1, -0.05) is 72.8 Å². The van der Waals surface area contributed by atoms with Crippen LogP contribution in [0.1, 0.15) is 45.9 Å². The van der Waals surface area contributed by atoms with Crippen LogP contribution in [0.2, 0.25) is 0 Å². The van der Waals surface area contributed by atoms with Crippen LogP contribution in [0.25, 0.3) is 11.2 Å². The van der Waals surface area contributed by atoms with Crippen LogP contribution in [0.15, 0.2) is 122 Å². The van der Waals surface area contributed by atoms with E-state index < -0.39 is 20.0 Å². The maximum absolute atomic E-state index is 12.9. The number of anilines is 1. The molecule has 0 aliphatic heterocycles. The quantitative estimate of drug-likeness (QED) is 0.0963. The summed E-state index contributed by atoms with van der Waals surface area (Å²) >= 11 is 0. The molecule has 1 fully saturated rings. The number of carbonyl (C=O) groups is 1. The van der Waals surface area contributed by atoms with Gasteiger partial charge in [0.15, 0.2) is 17.0 Å². The lowest BCUT2D eigenvalue weighted by Crippen LogP contribution is -2.36. The number of nitrogens with one attached hydrogen (secondary N) is 1. The predicted molar refractivity (Wildman–Crippen MR) is 196 cm³/mol. The summed E-state index contributed by atoms with van der Waals surface area (Å²) in [5.74, 6) is 1.10. The zero-order chi connectivity index (χ0) is 36.1. The normalized spacial score (nSPS) is 17.9. The van der Waals surface area contributed by atoms with E-state index in [4.69, 9.17) is 18.7 Å². The summed E-state index contributed by atoms with van der Waals surface area (Å²) in [4.78, 5) is 36.3. The van der Waals surface area contributed by atoms with Gasteiger partial charge in [0.25, 0.3) is 5.91 Å². The molecule has 1 amide bonds. The molecule has 13 heteroatoms. The maximum Gasteiger partial charge on any atom is 0.316 e. The first kappa shape index (κ1) is 35.0. The number of rotatable bonds is 13. The van der Waals surface area contributed by atoms with Crippen LogP contribution in [-0.2, 0) is 19.4 Å². The molecule has 12 nitrogen and oxygen atoms in total. The van der Waals surface area contributed by atoms with Crippen molar-refractivity contribution < 1.29 is 33.0 Å². The summed E-state index contributed by atoms with van der Waals surface area (Å²) in [6.45, 7) is 0.184. The Morgan fingerprint density at radius 2 is 1.42 bits per heavy atom. The van der Waals surface area contributed by atoms with Gasteiger partial charge in [-0.2, -0.15) is 0 Å². The van der Waals surface area contributed by atoms with E-state index in [1.807, 2.05) is 89.5 Å². The zero-order valence-electron chi connectivity index (χ0n) is 28.6. The number of hydrogen-bond donors (Lipinski definition) is 2. The summed E-state index contributed by atoms with van der Waals surface area (Å²) in [7, 11) is -0.0339. The van der Waals surface area contributed by atoms with Gasteiger partial charge in [-0.3, -0.25) is 9.36 Å². The van der Waals surface area contributed by atoms with Crippen LogP contribution in [0.4, 0.5) is 5.82 Å². The smallest absolute Gasteiger partial charge is 0.316 e. The Balaban J connectivity index is 1.22. The number of ether oxygens (including phenoxy) is 3. The molecule has 1 unspecified atom stereocenters. The van der Waals surface area contributed by atoms with Gasteiger partial charge in [0.05, 0.1) is 33.3 Å². The van der Waals surface area contributed by atoms with Gasteiger partial charge in [-0.25, -0.2) is 15.0 Å². The number of aromatic nitrogens is 4. The lowest BCUT2D eigenvalue weighted by atomic mass is 9.80. The van der Waals surface area contributed by atoms with Crippen molar-refractivity contribution in [1.29, 1.82) is 0 Å². The van der Waals surface area contributed by atoms with Crippen LogP contribution >= 0.6 is 8.25 Å². The molecule has 1 aliphatic carbocycles. The molecule has 266 valence electrons. The molecule has 0 radical (unpaired) electrons. The van der Waals surface area contributed by atoms with E-state index in [-0.39, 0.29) is 30.3 Å². The number of methoxy groups -OCH3 is 2. The molecule has 1 saturated carbocycles. The summed E-state index contributed by atoms with van der Waals surface area (Å²) < 4.78 is 37.9. The average molecular weight is 720 g/mol. The van der Waals surface area contributed by atoms with Crippen molar-refractivity contribution in [2.45, 2.75) is 30.6 Å². The SMILES string of the molecule is COc1ccc(C(OC[C@H]2C[C@@H](n3cnc4c(NC(=O)c5ccccc5)ncnc43)C[C@@H]2O[PH](=O)O)(c2ccccc2)c2ccc(OC)cc2)cc1. The van der Waals surface area contributed by atoms with E-state index in [1.54, 1.807) is 44.8 Å². The first-order valence-corrected chi connectivity index (χ1v) is 18.1. The van der Waals surface area contributed by atoms with Crippen molar-refractivity contribution in [1.82, 2.24) is 19.5 Å². The van der Waals surface area contributed by atoms with E-state index in [2.05, 4.69) is 20.3 Å². The lowest BCUT2D eigenvalue weighted by molar-refractivity contribution is -0.0258. The minimum Gasteiger partial charge on any atom is -0.497 e. The molecule has 7 rings (SSSR count). The molecule has 2 aromatic heterocycles. The summed E-state index contributed by atoms with van der Waals surface area (Å²) in [6.07, 6.45) is 3.40. The van der Waals surface area contributed by atoms with Crippen molar-refractivity contribution in [3.05, 3.63) is 144 Å². The van der Waals surface area contributed by atoms with Gasteiger partial charge in [0.1, 0.15) is 23.4 Å². The van der Waals surface area contributed by atoms with E-state index in [0.29, 0.717) is 41.1 Å². The highest BCUT2D eigenvalue weighted by Gasteiger charge is 2.43. The van der Waals surface area contributed by atoms with Crippen molar-refractivity contribution in [3.8, 4) is 11.5 Å². The Kier molecular flexibility index (Phi) is 10.4. The number of nitrogens with zero attached hydrogens (tertiary/aromatic N) is 4. The van der Waals surface area contributed by atoms with Crippen molar-refractivity contribution >= 4 is 31.1 Å². The Bertz CT molecular complexity index is 2100. The second-order valence-electron chi connectivity index (χ2n) is 12.5. The Morgan fingerprint density at radius 3 is 2.02 bits per heavy atom. The fourth-order valence-corrected chi connectivity index (χ4v) is 7.57. The minimum atomic E-state index is -3.28. The van der Waals surface area contributed by atoms with Gasteiger partial charge >= 0.3 is 8.25 Å². The van der Waals surface area contributed by atoms with Crippen molar-refractivity contribution in [3.63, 3.8) is 0 Å². The molecule has 0 saturated heterocycles. The van der Waals surface area contributed by atoms with Gasteiger partial charge in [0, 0.05) is 17.5 Å². The molecule has 6 aromatic rings. The Hall–Kier alpha value is -5.39. The fraction of sp³-hybridized carbons (Fsp3) is 0.231. The third kappa shape index (κ3) is 7.06. The molecule has 2 heterocycles. The Labute approximate surface area is 301 Å². The van der Waals surface area contributed by atoms with Gasteiger partial charge in [-0.05, 0) is 65.9 Å². The van der Waals surface area contributed by atoms with Gasteiger partial charge in [0.2, 0.25) is 0 Å². The summed E-state index contributed by atoms with van der Waals surface area (Å²) in [5, 5.41) is 2.85. The molecule has 0 bridgehead atoms. The van der Waals surface area contributed by atoms with Crippen molar-refractivity contribution in [2.75, 3.05) is 26.1 Å². The number of carbonyl (C=O) groups excluding carboxylic acids is 1. The van der Waals surface area contributed by atoms with E-state index in [9.17, 15) is 14.3 Å². The van der Waals surface area contributed by atoms with Crippen LogP contribution in [0.5, 0.6) is 11.5 Å². The van der Waals surface area contributed by atoms with Gasteiger partial charge in [-0.15, -0.1) is 0 Å². The highest BCUT2D eigenvalue weighted by atomic mass is 31.1. The first-order valence-electron chi connectivity index (χ1n) is 16.8. The summed E-state index contributed by atoms with van der Waals surface area (Å²) in [6, 6.07) is 34.1. The number of benzene rings is 4. The first-order chi connectivity index (χ1) is 25.4. The monoisotopic (exact) mass is 719 g/mol. The molecule has 4 aromatic carbocycles. The van der Waals surface area contributed by atoms with E-state index in [0.717, 1.165) is 16.7 Å². The van der Waals surface area contributed by atoms with Crippen LogP contribution in [0.3, 0.4) is 0 Å². The van der Waals surface area contributed by atoms with Crippen molar-refractivity contribution in [2.24, 2.45) is 5.92 Å². The van der Waals surface area contributed by atoms with Crippen LogP contribution in [-0.4, -0.2) is 57.3 Å². The molecule has 4 atom stereocenters. The van der Waals surface area contributed by atoms with E-state index >= 15 is 0 Å². The molecule has 2 N–H and O–H groups in total. The fourth-order valence-electron chi connectivity index (χ4n) is 7.02. The highest BCUT2D eigenvalue weighted by Crippen LogP contribution is 2.46. The molecule has 1 aliphatic rings. The molecule has 52 heavy (non-hydrogen) atoms. The third-order valence-electron chi connectivity index (χ3n) is 9.56. The predicted octanol–water partition coefficient (Wildman–Crippen LogP) is 6.82.